The molecule has 0 fully saturated rings. The number of aromatic nitrogens is 3. The number of benzene rings is 2. The summed E-state index contributed by atoms with van der Waals surface area (Å²) in [5.74, 6) is 2.25. The molecule has 29 heavy (non-hydrogen) atoms. The first kappa shape index (κ1) is 18.4. The minimum Gasteiger partial charge on any atom is -0.496 e. The van der Waals surface area contributed by atoms with E-state index in [2.05, 4.69) is 20.3 Å². The maximum absolute atomic E-state index is 5.96. The molecule has 1 N–H and O–H groups in total. The van der Waals surface area contributed by atoms with Gasteiger partial charge < -0.3 is 14.8 Å². The van der Waals surface area contributed by atoms with Gasteiger partial charge in [0.15, 0.2) is 5.75 Å². The Morgan fingerprint density at radius 3 is 2.31 bits per heavy atom. The third kappa shape index (κ3) is 4.50. The Morgan fingerprint density at radius 2 is 1.52 bits per heavy atom. The molecule has 2 heterocycles. The zero-order valence-electron chi connectivity index (χ0n) is 15.9. The van der Waals surface area contributed by atoms with Crippen LogP contribution in [0.25, 0.3) is 11.1 Å². The van der Waals surface area contributed by atoms with E-state index in [0.717, 1.165) is 22.4 Å². The molecular formula is C23H20N4O2. The average Bonchev–Trinajstić information content (AvgIpc) is 2.80. The molecule has 2 aromatic carbocycles. The molecule has 4 rings (SSSR count). The van der Waals surface area contributed by atoms with E-state index in [0.29, 0.717) is 24.1 Å². The lowest BCUT2D eigenvalue weighted by atomic mass is 10.1. The molecule has 144 valence electrons. The average molecular weight is 384 g/mol. The molecule has 0 aliphatic carbocycles. The zero-order valence-corrected chi connectivity index (χ0v) is 15.9. The van der Waals surface area contributed by atoms with E-state index in [1.54, 1.807) is 25.7 Å². The lowest BCUT2D eigenvalue weighted by Crippen LogP contribution is -2.03. The molecule has 0 bridgehead atoms. The summed E-state index contributed by atoms with van der Waals surface area (Å²) >= 11 is 0. The van der Waals surface area contributed by atoms with Crippen molar-refractivity contribution in [3.05, 3.63) is 90.9 Å². The molecule has 6 nitrogen and oxygen atoms in total. The summed E-state index contributed by atoms with van der Waals surface area (Å²) in [4.78, 5) is 13.0. The number of ether oxygens (including phenoxy) is 2. The summed E-state index contributed by atoms with van der Waals surface area (Å²) < 4.78 is 11.4. The van der Waals surface area contributed by atoms with Crippen LogP contribution in [0.15, 0.2) is 85.3 Å². The van der Waals surface area contributed by atoms with Gasteiger partial charge >= 0.3 is 0 Å². The van der Waals surface area contributed by atoms with Gasteiger partial charge in [-0.3, -0.25) is 0 Å². The normalized spacial score (nSPS) is 10.4. The molecule has 4 aromatic rings. The highest BCUT2D eigenvalue weighted by molar-refractivity contribution is 5.74. The van der Waals surface area contributed by atoms with Crippen LogP contribution in [0.1, 0.15) is 5.56 Å². The van der Waals surface area contributed by atoms with Crippen LogP contribution in [0.3, 0.4) is 0 Å². The topological polar surface area (TPSA) is 69.2 Å². The maximum Gasteiger partial charge on any atom is 0.227 e. The van der Waals surface area contributed by atoms with Crippen molar-refractivity contribution in [1.82, 2.24) is 15.0 Å². The van der Waals surface area contributed by atoms with Crippen LogP contribution in [0.4, 0.5) is 5.95 Å². The number of para-hydroxylation sites is 1. The molecule has 0 atom stereocenters. The van der Waals surface area contributed by atoms with Gasteiger partial charge in [0, 0.05) is 23.9 Å². The van der Waals surface area contributed by atoms with Crippen molar-refractivity contribution in [2.45, 2.75) is 6.54 Å². The first-order chi connectivity index (χ1) is 14.3. The van der Waals surface area contributed by atoms with Gasteiger partial charge in [0.05, 0.1) is 19.5 Å². The fourth-order valence-corrected chi connectivity index (χ4v) is 2.89. The third-order valence-corrected chi connectivity index (χ3v) is 4.30. The van der Waals surface area contributed by atoms with Crippen molar-refractivity contribution in [3.63, 3.8) is 0 Å². The Hall–Kier alpha value is -3.93. The Morgan fingerprint density at radius 1 is 0.793 bits per heavy atom. The van der Waals surface area contributed by atoms with Gasteiger partial charge in [-0.2, -0.15) is 0 Å². The van der Waals surface area contributed by atoms with E-state index in [9.17, 15) is 0 Å². The van der Waals surface area contributed by atoms with Crippen LogP contribution in [-0.4, -0.2) is 22.1 Å². The second-order valence-electron chi connectivity index (χ2n) is 6.24. The summed E-state index contributed by atoms with van der Waals surface area (Å²) in [7, 11) is 1.64. The van der Waals surface area contributed by atoms with Gasteiger partial charge in [0.2, 0.25) is 11.8 Å². The molecule has 0 amide bonds. The van der Waals surface area contributed by atoms with E-state index in [-0.39, 0.29) is 0 Å². The number of hydrogen-bond acceptors (Lipinski definition) is 6. The van der Waals surface area contributed by atoms with Crippen molar-refractivity contribution < 1.29 is 9.47 Å². The minimum atomic E-state index is 0.464. The number of methoxy groups -OCH3 is 1. The number of pyridine rings is 1. The number of nitrogens with one attached hydrogen (secondary N) is 1. The van der Waals surface area contributed by atoms with Gasteiger partial charge in [0.1, 0.15) is 5.75 Å². The standard InChI is InChI=1S/C23H20N4O2/c1-28-21-12-6-5-10-19(21)20-11-7-13-24-22(20)29-18-15-26-23(27-16-18)25-14-17-8-3-2-4-9-17/h2-13,15-16H,14H2,1H3,(H,25,26,27). The number of nitrogens with zero attached hydrogens (tertiary/aromatic N) is 3. The summed E-state index contributed by atoms with van der Waals surface area (Å²) in [6, 6.07) is 21.6. The number of anilines is 1. The van der Waals surface area contributed by atoms with Crippen molar-refractivity contribution in [2.75, 3.05) is 12.4 Å². The second kappa shape index (κ2) is 8.84. The van der Waals surface area contributed by atoms with Crippen LogP contribution in [0.5, 0.6) is 17.4 Å². The summed E-state index contributed by atoms with van der Waals surface area (Å²) in [6.45, 7) is 0.652. The molecule has 0 aliphatic heterocycles. The van der Waals surface area contributed by atoms with Crippen molar-refractivity contribution in [3.8, 4) is 28.5 Å². The van der Waals surface area contributed by atoms with E-state index in [4.69, 9.17) is 9.47 Å². The van der Waals surface area contributed by atoms with Crippen molar-refractivity contribution in [2.24, 2.45) is 0 Å². The molecule has 0 aliphatic rings. The Labute approximate surface area is 169 Å². The molecule has 0 unspecified atom stereocenters. The van der Waals surface area contributed by atoms with E-state index in [1.807, 2.05) is 66.7 Å². The predicted molar refractivity (Wildman–Crippen MR) is 112 cm³/mol. The lowest BCUT2D eigenvalue weighted by Gasteiger charge is -2.12. The van der Waals surface area contributed by atoms with Crippen LogP contribution in [0.2, 0.25) is 0 Å². The summed E-state index contributed by atoms with van der Waals surface area (Å²) in [5.41, 5.74) is 2.89. The monoisotopic (exact) mass is 384 g/mol. The minimum absolute atomic E-state index is 0.464. The second-order valence-corrected chi connectivity index (χ2v) is 6.24. The number of rotatable bonds is 7. The quantitative estimate of drug-likeness (QED) is 0.486. The highest BCUT2D eigenvalue weighted by atomic mass is 16.5. The predicted octanol–water partition coefficient (Wildman–Crippen LogP) is 4.95. The van der Waals surface area contributed by atoms with Gasteiger partial charge in [-0.1, -0.05) is 48.5 Å². The maximum atomic E-state index is 5.96. The van der Waals surface area contributed by atoms with Gasteiger partial charge in [0.25, 0.3) is 0 Å². The van der Waals surface area contributed by atoms with E-state index in [1.165, 1.54) is 0 Å². The summed E-state index contributed by atoms with van der Waals surface area (Å²) in [6.07, 6.45) is 4.94. The Bertz CT molecular complexity index is 1070. The molecule has 0 saturated heterocycles. The lowest BCUT2D eigenvalue weighted by molar-refractivity contribution is 0.415. The molecule has 6 heteroatoms. The van der Waals surface area contributed by atoms with Gasteiger partial charge in [-0.05, 0) is 23.8 Å². The highest BCUT2D eigenvalue weighted by Gasteiger charge is 2.13. The fourth-order valence-electron chi connectivity index (χ4n) is 2.89. The Balaban J connectivity index is 1.50. The molecular weight excluding hydrogens is 364 g/mol. The van der Waals surface area contributed by atoms with Gasteiger partial charge in [-0.25, -0.2) is 15.0 Å². The number of hydrogen-bond donors (Lipinski definition) is 1. The zero-order chi connectivity index (χ0) is 19.9. The third-order valence-electron chi connectivity index (χ3n) is 4.30. The van der Waals surface area contributed by atoms with Crippen molar-refractivity contribution in [1.29, 1.82) is 0 Å². The Kier molecular flexibility index (Phi) is 5.62. The smallest absolute Gasteiger partial charge is 0.227 e. The van der Waals surface area contributed by atoms with Crippen LogP contribution in [0, 0.1) is 0 Å². The molecule has 2 aromatic heterocycles. The van der Waals surface area contributed by atoms with Crippen LogP contribution < -0.4 is 14.8 Å². The van der Waals surface area contributed by atoms with Gasteiger partial charge in [-0.15, -0.1) is 0 Å². The highest BCUT2D eigenvalue weighted by Crippen LogP contribution is 2.36. The van der Waals surface area contributed by atoms with E-state index < -0.39 is 0 Å². The first-order valence-corrected chi connectivity index (χ1v) is 9.19. The molecule has 0 saturated carbocycles. The van der Waals surface area contributed by atoms with Crippen LogP contribution >= 0.6 is 0 Å². The summed E-state index contributed by atoms with van der Waals surface area (Å²) in [5, 5.41) is 3.19. The largest absolute Gasteiger partial charge is 0.496 e. The van der Waals surface area contributed by atoms with E-state index >= 15 is 0 Å². The first-order valence-electron chi connectivity index (χ1n) is 9.19. The van der Waals surface area contributed by atoms with Crippen LogP contribution in [-0.2, 0) is 6.54 Å². The fraction of sp³-hybridized carbons (Fsp3) is 0.0870. The van der Waals surface area contributed by atoms with Crippen molar-refractivity contribution >= 4 is 5.95 Å². The molecule has 0 spiro atoms. The molecule has 0 radical (unpaired) electrons. The SMILES string of the molecule is COc1ccccc1-c1cccnc1Oc1cnc(NCc2ccccc2)nc1.